The van der Waals surface area contributed by atoms with E-state index in [4.69, 9.17) is 11.6 Å². The van der Waals surface area contributed by atoms with Gasteiger partial charge in [0.05, 0.1) is 17.1 Å². The lowest BCUT2D eigenvalue weighted by Crippen LogP contribution is -2.22. The van der Waals surface area contributed by atoms with Crippen molar-refractivity contribution in [2.45, 2.75) is 26.3 Å². The average molecular weight is 282 g/mol. The van der Waals surface area contributed by atoms with Crippen LogP contribution in [0.5, 0.6) is 0 Å². The summed E-state index contributed by atoms with van der Waals surface area (Å²) in [5, 5.41) is 8.22. The predicted molar refractivity (Wildman–Crippen MR) is 76.2 cm³/mol. The molecule has 0 aliphatic heterocycles. The van der Waals surface area contributed by atoms with Gasteiger partial charge in [0.2, 0.25) is 0 Å². The van der Waals surface area contributed by atoms with Gasteiger partial charge < -0.3 is 5.32 Å². The maximum absolute atomic E-state index is 6.20. The van der Waals surface area contributed by atoms with Gasteiger partial charge in [-0.05, 0) is 48.6 Å². The number of aryl methyl sites for hydroxylation is 1. The van der Waals surface area contributed by atoms with Crippen molar-refractivity contribution in [3.05, 3.63) is 45.4 Å². The van der Waals surface area contributed by atoms with Crippen LogP contribution in [-0.4, -0.2) is 16.1 Å². The largest absolute Gasteiger partial charge is 0.305 e. The first kappa shape index (κ1) is 13.5. The van der Waals surface area contributed by atoms with E-state index in [2.05, 4.69) is 27.9 Å². The second-order valence-electron chi connectivity index (χ2n) is 4.22. The molecule has 1 aromatic heterocycles. The SMILES string of the molecule is CCCNC(c1ccc(C)c(Cl)c1)c1cnns1. The fourth-order valence-electron chi connectivity index (χ4n) is 1.76. The quantitative estimate of drug-likeness (QED) is 0.910. The fraction of sp³-hybridized carbons (Fsp3) is 0.385. The van der Waals surface area contributed by atoms with Crippen molar-refractivity contribution in [1.82, 2.24) is 14.9 Å². The van der Waals surface area contributed by atoms with E-state index >= 15 is 0 Å². The number of benzene rings is 1. The fourth-order valence-corrected chi connectivity index (χ4v) is 2.56. The van der Waals surface area contributed by atoms with Gasteiger partial charge in [-0.15, -0.1) is 5.10 Å². The summed E-state index contributed by atoms with van der Waals surface area (Å²) in [6, 6.07) is 6.30. The van der Waals surface area contributed by atoms with Crippen LogP contribution >= 0.6 is 23.1 Å². The molecule has 1 heterocycles. The van der Waals surface area contributed by atoms with Crippen molar-refractivity contribution in [1.29, 1.82) is 0 Å². The summed E-state index contributed by atoms with van der Waals surface area (Å²) in [7, 11) is 0. The van der Waals surface area contributed by atoms with Crippen molar-refractivity contribution < 1.29 is 0 Å². The predicted octanol–water partition coefficient (Wildman–Crippen LogP) is 3.59. The third-order valence-electron chi connectivity index (χ3n) is 2.79. The molecule has 1 aromatic carbocycles. The highest BCUT2D eigenvalue weighted by Gasteiger charge is 2.16. The van der Waals surface area contributed by atoms with E-state index in [9.17, 15) is 0 Å². The van der Waals surface area contributed by atoms with Crippen LogP contribution in [0.2, 0.25) is 5.02 Å². The molecule has 5 heteroatoms. The highest BCUT2D eigenvalue weighted by atomic mass is 35.5. The van der Waals surface area contributed by atoms with Gasteiger partial charge in [-0.25, -0.2) is 0 Å². The summed E-state index contributed by atoms with van der Waals surface area (Å²) in [5.41, 5.74) is 2.25. The molecule has 2 aromatic rings. The molecule has 0 radical (unpaired) electrons. The molecular weight excluding hydrogens is 266 g/mol. The minimum Gasteiger partial charge on any atom is -0.305 e. The van der Waals surface area contributed by atoms with Crippen molar-refractivity contribution >= 4 is 23.1 Å². The minimum absolute atomic E-state index is 0.128. The van der Waals surface area contributed by atoms with Gasteiger partial charge in [0.15, 0.2) is 0 Å². The molecule has 1 atom stereocenters. The summed E-state index contributed by atoms with van der Waals surface area (Å²) in [5.74, 6) is 0. The van der Waals surface area contributed by atoms with E-state index in [-0.39, 0.29) is 6.04 Å². The molecule has 0 bridgehead atoms. The third-order valence-corrected chi connectivity index (χ3v) is 3.93. The first-order valence-corrected chi connectivity index (χ1v) is 7.14. The second-order valence-corrected chi connectivity index (χ2v) is 5.44. The monoisotopic (exact) mass is 281 g/mol. The van der Waals surface area contributed by atoms with Gasteiger partial charge >= 0.3 is 0 Å². The zero-order chi connectivity index (χ0) is 13.0. The van der Waals surface area contributed by atoms with Gasteiger partial charge in [-0.3, -0.25) is 0 Å². The van der Waals surface area contributed by atoms with Crippen LogP contribution in [-0.2, 0) is 0 Å². The Kier molecular flexibility index (Phi) is 4.69. The maximum atomic E-state index is 6.20. The van der Waals surface area contributed by atoms with E-state index < -0.39 is 0 Å². The highest BCUT2D eigenvalue weighted by Crippen LogP contribution is 2.27. The first-order chi connectivity index (χ1) is 8.72. The Morgan fingerprint density at radius 3 is 2.89 bits per heavy atom. The van der Waals surface area contributed by atoms with Gasteiger partial charge in [0, 0.05) is 5.02 Å². The number of hydrogen-bond donors (Lipinski definition) is 1. The zero-order valence-corrected chi connectivity index (χ0v) is 12.1. The summed E-state index contributed by atoms with van der Waals surface area (Å²) < 4.78 is 3.94. The van der Waals surface area contributed by atoms with Crippen LogP contribution in [0.15, 0.2) is 24.4 Å². The molecule has 96 valence electrons. The van der Waals surface area contributed by atoms with Crippen LogP contribution in [0.4, 0.5) is 0 Å². The molecule has 0 fully saturated rings. The second kappa shape index (κ2) is 6.27. The Labute approximate surface area is 116 Å². The van der Waals surface area contributed by atoms with E-state index in [1.54, 1.807) is 0 Å². The van der Waals surface area contributed by atoms with Crippen molar-refractivity contribution in [2.24, 2.45) is 0 Å². The van der Waals surface area contributed by atoms with Gasteiger partial charge in [0.25, 0.3) is 0 Å². The summed E-state index contributed by atoms with van der Waals surface area (Å²) in [6.07, 6.45) is 2.90. The first-order valence-electron chi connectivity index (χ1n) is 5.99. The van der Waals surface area contributed by atoms with Crippen LogP contribution in [0.25, 0.3) is 0 Å². The Morgan fingerprint density at radius 1 is 1.44 bits per heavy atom. The van der Waals surface area contributed by atoms with Crippen LogP contribution in [0.1, 0.15) is 35.4 Å². The van der Waals surface area contributed by atoms with Crippen LogP contribution in [0.3, 0.4) is 0 Å². The molecule has 0 saturated heterocycles. The Hall–Kier alpha value is -0.970. The minimum atomic E-state index is 0.128. The molecule has 0 saturated carbocycles. The molecule has 0 amide bonds. The molecule has 18 heavy (non-hydrogen) atoms. The standard InChI is InChI=1S/C13H16ClN3S/c1-3-6-15-13(12-8-16-17-18-12)10-5-4-9(2)11(14)7-10/h4-5,7-8,13,15H,3,6H2,1-2H3. The van der Waals surface area contributed by atoms with Crippen LogP contribution in [0, 0.1) is 6.92 Å². The molecular formula is C13H16ClN3S. The molecule has 0 aliphatic rings. The van der Waals surface area contributed by atoms with Crippen molar-refractivity contribution in [2.75, 3.05) is 6.54 Å². The van der Waals surface area contributed by atoms with Gasteiger partial charge in [-0.2, -0.15) is 0 Å². The van der Waals surface area contributed by atoms with Crippen LogP contribution < -0.4 is 5.32 Å². The van der Waals surface area contributed by atoms with E-state index in [0.717, 1.165) is 34.0 Å². The number of aromatic nitrogens is 2. The van der Waals surface area contributed by atoms with E-state index in [1.807, 2.05) is 25.3 Å². The lowest BCUT2D eigenvalue weighted by molar-refractivity contribution is 0.605. The molecule has 0 aliphatic carbocycles. The summed E-state index contributed by atoms with van der Waals surface area (Å²) in [6.45, 7) is 5.11. The smallest absolute Gasteiger partial charge is 0.0704 e. The third kappa shape index (κ3) is 3.07. The molecule has 0 spiro atoms. The Balaban J connectivity index is 2.30. The lowest BCUT2D eigenvalue weighted by Gasteiger charge is -2.17. The number of nitrogens with one attached hydrogen (secondary N) is 1. The highest BCUT2D eigenvalue weighted by molar-refractivity contribution is 7.05. The van der Waals surface area contributed by atoms with E-state index in [1.165, 1.54) is 11.5 Å². The zero-order valence-electron chi connectivity index (χ0n) is 10.5. The number of rotatable bonds is 5. The normalized spacial score (nSPS) is 12.6. The van der Waals surface area contributed by atoms with E-state index in [0.29, 0.717) is 0 Å². The summed E-state index contributed by atoms with van der Waals surface area (Å²) in [4.78, 5) is 1.11. The number of halogens is 1. The Bertz CT molecular complexity index is 499. The average Bonchev–Trinajstić information content (AvgIpc) is 2.88. The van der Waals surface area contributed by atoms with Gasteiger partial charge in [0.1, 0.15) is 0 Å². The number of nitrogens with zero attached hydrogens (tertiary/aromatic N) is 2. The molecule has 2 rings (SSSR count). The van der Waals surface area contributed by atoms with Crippen molar-refractivity contribution in [3.63, 3.8) is 0 Å². The number of hydrogen-bond acceptors (Lipinski definition) is 4. The van der Waals surface area contributed by atoms with Gasteiger partial charge in [-0.1, -0.05) is 35.1 Å². The maximum Gasteiger partial charge on any atom is 0.0704 e. The van der Waals surface area contributed by atoms with Crippen molar-refractivity contribution in [3.8, 4) is 0 Å². The summed E-state index contributed by atoms with van der Waals surface area (Å²) >= 11 is 7.62. The molecule has 1 unspecified atom stereocenters. The topological polar surface area (TPSA) is 37.8 Å². The molecule has 1 N–H and O–H groups in total. The Morgan fingerprint density at radius 2 is 2.28 bits per heavy atom. The molecule has 3 nitrogen and oxygen atoms in total. The lowest BCUT2D eigenvalue weighted by atomic mass is 10.0.